The van der Waals surface area contributed by atoms with E-state index in [1.807, 2.05) is 0 Å². The van der Waals surface area contributed by atoms with Crippen molar-refractivity contribution in [3.63, 3.8) is 0 Å². The van der Waals surface area contributed by atoms with Gasteiger partial charge in [0.15, 0.2) is 0 Å². The van der Waals surface area contributed by atoms with E-state index in [9.17, 15) is 0 Å². The Labute approximate surface area is 567 Å². The summed E-state index contributed by atoms with van der Waals surface area (Å²) in [5.41, 5.74) is 34.0. The molecule has 9 aromatic rings. The first-order valence-corrected chi connectivity index (χ1v) is 34.8. The van der Waals surface area contributed by atoms with Crippen molar-refractivity contribution >= 4 is 52.0 Å². The van der Waals surface area contributed by atoms with E-state index in [0.29, 0.717) is 0 Å². The monoisotopic (exact) mass is 1240 g/mol. The normalized spacial score (nSPS) is 15.9. The van der Waals surface area contributed by atoms with E-state index in [1.54, 1.807) is 0 Å². The second-order valence-electron chi connectivity index (χ2n) is 35.7. The Kier molecular flexibility index (Phi) is 15.9. The van der Waals surface area contributed by atoms with E-state index in [-0.39, 0.29) is 48.7 Å². The Bertz CT molecular complexity index is 4080. The molecule has 0 spiro atoms. The number of rotatable bonds is 6. The molecule has 0 aromatic heterocycles. The van der Waals surface area contributed by atoms with Crippen molar-refractivity contribution in [1.82, 2.24) is 0 Å². The number of hydrogen-bond acceptors (Lipinski definition) is 1. The number of hydrogen-bond donors (Lipinski definition) is 0. The third kappa shape index (κ3) is 12.0. The lowest BCUT2D eigenvalue weighted by atomic mass is 9.71. The maximum absolute atomic E-state index is 2.51. The second-order valence-corrected chi connectivity index (χ2v) is 35.7. The first kappa shape index (κ1) is 66.0. The standard InChI is InChI=1S/C93H105N/c1-85(2,3)64-34-25-61-49-76(73-46-37-67(88(10,11)12)55-82(73)91(19,20)79(61)52-64)58-28-40-70(41-29-58)94(71-42-30-59(31-43-71)77-50-62-26-35-65(86(4,5)6)53-80(62)92(21,22)83-56-68(89(13,14)15)38-47-74(77)83)72-44-32-60(33-45-72)78-51-63-27-36-66(87(7,8)9)54-81(63)93(23,24)84-57-69(90(16,17)18)39-48-75(78)84/h25-57H,1-24H3. The highest BCUT2D eigenvalue weighted by molar-refractivity contribution is 5.99. The van der Waals surface area contributed by atoms with Crippen LogP contribution < -0.4 is 4.90 Å². The van der Waals surface area contributed by atoms with Gasteiger partial charge in [0, 0.05) is 33.3 Å². The third-order valence-electron chi connectivity index (χ3n) is 21.5. The molecule has 0 fully saturated rings. The van der Waals surface area contributed by atoms with Crippen LogP contribution in [0.2, 0.25) is 0 Å². The van der Waals surface area contributed by atoms with Gasteiger partial charge in [0.05, 0.1) is 0 Å². The molecule has 94 heavy (non-hydrogen) atoms. The molecule has 0 amide bonds. The molecule has 1 nitrogen and oxygen atoms in total. The highest BCUT2D eigenvalue weighted by Crippen LogP contribution is 2.51. The Morgan fingerprint density at radius 1 is 0.223 bits per heavy atom. The van der Waals surface area contributed by atoms with Gasteiger partial charge in [-0.15, -0.1) is 0 Å². The predicted octanol–water partition coefficient (Wildman–Crippen LogP) is 25.6. The molecule has 0 aliphatic heterocycles. The van der Waals surface area contributed by atoms with Crippen molar-refractivity contribution in [2.45, 2.75) is 215 Å². The van der Waals surface area contributed by atoms with Gasteiger partial charge in [-0.25, -0.2) is 0 Å². The van der Waals surface area contributed by atoms with Gasteiger partial charge in [0.2, 0.25) is 0 Å². The minimum atomic E-state index is -0.250. The van der Waals surface area contributed by atoms with Gasteiger partial charge < -0.3 is 4.90 Å². The summed E-state index contributed by atoms with van der Waals surface area (Å²) in [4.78, 5) is 2.46. The molecule has 0 heterocycles. The van der Waals surface area contributed by atoms with Gasteiger partial charge in [-0.2, -0.15) is 0 Å². The van der Waals surface area contributed by atoms with Crippen LogP contribution in [0.15, 0.2) is 182 Å². The Morgan fingerprint density at radius 2 is 0.415 bits per heavy atom. The van der Waals surface area contributed by atoms with Crippen molar-refractivity contribution in [1.29, 1.82) is 0 Å². The van der Waals surface area contributed by atoms with Crippen molar-refractivity contribution in [3.05, 3.63) is 299 Å². The zero-order valence-electron chi connectivity index (χ0n) is 61.5. The fourth-order valence-corrected chi connectivity index (χ4v) is 15.0. The van der Waals surface area contributed by atoms with Crippen LogP contribution >= 0.6 is 0 Å². The lowest BCUT2D eigenvalue weighted by molar-refractivity contribution is 0.574. The first-order valence-electron chi connectivity index (χ1n) is 34.8. The Morgan fingerprint density at radius 3 is 0.617 bits per heavy atom. The van der Waals surface area contributed by atoms with Crippen molar-refractivity contribution in [2.75, 3.05) is 4.90 Å². The third-order valence-corrected chi connectivity index (χ3v) is 21.5. The quantitative estimate of drug-likeness (QED) is 0.160. The average molecular weight is 1240 g/mol. The second kappa shape index (κ2) is 22.6. The van der Waals surface area contributed by atoms with Crippen LogP contribution in [-0.4, -0.2) is 0 Å². The van der Waals surface area contributed by atoms with Crippen molar-refractivity contribution < 1.29 is 0 Å². The van der Waals surface area contributed by atoms with Crippen LogP contribution in [0, 0.1) is 0 Å². The predicted molar refractivity (Wildman–Crippen MR) is 409 cm³/mol. The van der Waals surface area contributed by atoms with Gasteiger partial charge in [-0.05, 0) is 221 Å². The topological polar surface area (TPSA) is 3.24 Å². The molecule has 0 saturated carbocycles. The van der Waals surface area contributed by atoms with Gasteiger partial charge in [-0.1, -0.05) is 312 Å². The molecule has 482 valence electrons. The van der Waals surface area contributed by atoms with E-state index < -0.39 is 0 Å². The van der Waals surface area contributed by atoms with Crippen LogP contribution in [-0.2, 0) is 48.7 Å². The zero-order valence-corrected chi connectivity index (χ0v) is 61.5. The molecule has 1 heteroatoms. The maximum Gasteiger partial charge on any atom is 0.0462 e. The molecule has 12 rings (SSSR count). The molecular weight excluding hydrogens is 1130 g/mol. The molecule has 0 bridgehead atoms. The van der Waals surface area contributed by atoms with Crippen LogP contribution in [0.3, 0.4) is 0 Å². The first-order chi connectivity index (χ1) is 43.6. The molecule has 3 aliphatic rings. The number of nitrogens with zero attached hydrogens (tertiary/aromatic N) is 1. The summed E-state index contributed by atoms with van der Waals surface area (Å²) in [6.07, 6.45) is 7.41. The van der Waals surface area contributed by atoms with E-state index in [2.05, 4.69) is 371 Å². The van der Waals surface area contributed by atoms with Crippen LogP contribution in [0.25, 0.3) is 34.9 Å². The van der Waals surface area contributed by atoms with E-state index >= 15 is 0 Å². The highest BCUT2D eigenvalue weighted by Gasteiger charge is 2.38. The summed E-state index contributed by atoms with van der Waals surface area (Å²) in [5, 5.41) is 0. The Balaban J connectivity index is 1.03. The zero-order chi connectivity index (χ0) is 68.0. The van der Waals surface area contributed by atoms with Gasteiger partial charge in [0.1, 0.15) is 0 Å². The molecular formula is C93H105N. The Hall–Kier alpha value is -8.00. The fraction of sp³-hybridized carbons (Fsp3) is 0.355. The van der Waals surface area contributed by atoms with E-state index in [1.165, 1.54) is 134 Å². The molecule has 0 N–H and O–H groups in total. The number of fused-ring (bicyclic) bond motifs is 6. The summed E-state index contributed by atoms with van der Waals surface area (Å²) in [7, 11) is 0. The minimum absolute atomic E-state index is 0.00286. The SMILES string of the molecule is CC(C)(C)c1ccc2c(c1)C(C)(C)c1cc(C(C)(C)C)ccc1C(c1ccc(N(c3ccc(C4=Cc5ccc(C(C)(C)C)cc5C(C)(C)c5cc(C(C)(C)C)ccc54)cc3)c3ccc(C4=Cc5ccc(C(C)(C)C)cc5C(C)(C)c5cc(C(C)(C)C)ccc54)cc3)cc1)=C2. The molecule has 3 aliphatic carbocycles. The fourth-order valence-electron chi connectivity index (χ4n) is 15.0. The molecule has 0 unspecified atom stereocenters. The number of anilines is 3. The molecule has 0 radical (unpaired) electrons. The van der Waals surface area contributed by atoms with Crippen LogP contribution in [0.1, 0.15) is 283 Å². The summed E-state index contributed by atoms with van der Waals surface area (Å²) < 4.78 is 0. The molecule has 9 aromatic carbocycles. The van der Waals surface area contributed by atoms with Gasteiger partial charge in [-0.3, -0.25) is 0 Å². The van der Waals surface area contributed by atoms with Gasteiger partial charge >= 0.3 is 0 Å². The minimum Gasteiger partial charge on any atom is -0.311 e. The van der Waals surface area contributed by atoms with Crippen molar-refractivity contribution in [3.8, 4) is 0 Å². The summed E-state index contributed by atoms with van der Waals surface area (Å²) >= 11 is 0. The highest BCUT2D eigenvalue weighted by atomic mass is 15.1. The molecule has 0 atom stereocenters. The van der Waals surface area contributed by atoms with Crippen molar-refractivity contribution in [2.24, 2.45) is 0 Å². The van der Waals surface area contributed by atoms with Gasteiger partial charge in [0.25, 0.3) is 0 Å². The molecule has 0 saturated heterocycles. The van der Waals surface area contributed by atoms with Crippen LogP contribution in [0.4, 0.5) is 17.1 Å². The van der Waals surface area contributed by atoms with E-state index in [4.69, 9.17) is 0 Å². The van der Waals surface area contributed by atoms with E-state index in [0.717, 1.165) is 17.1 Å². The summed E-state index contributed by atoms with van der Waals surface area (Å²) in [6.45, 7) is 56.6. The lowest BCUT2D eigenvalue weighted by Gasteiger charge is -2.32. The van der Waals surface area contributed by atoms with Crippen LogP contribution in [0.5, 0.6) is 0 Å². The lowest BCUT2D eigenvalue weighted by Crippen LogP contribution is -2.24. The maximum atomic E-state index is 2.51. The average Bonchev–Trinajstić information content (AvgIpc) is 1.55. The summed E-state index contributed by atoms with van der Waals surface area (Å²) in [5.74, 6) is 0. The number of benzene rings is 9. The summed E-state index contributed by atoms with van der Waals surface area (Å²) in [6, 6.07) is 71.8. The largest absolute Gasteiger partial charge is 0.311 e. The smallest absolute Gasteiger partial charge is 0.0462 e.